The van der Waals surface area contributed by atoms with Crippen molar-refractivity contribution >= 4 is 35.1 Å². The molecule has 0 aliphatic carbocycles. The Hall–Kier alpha value is -3.02. The summed E-state index contributed by atoms with van der Waals surface area (Å²) in [5.74, 6) is 1.08. The lowest BCUT2D eigenvalue weighted by molar-refractivity contribution is 0.575. The maximum Gasteiger partial charge on any atom is 0.297 e. The first-order valence-electron chi connectivity index (χ1n) is 8.89. The normalized spacial score (nSPS) is 11.4. The largest absolute Gasteiger partial charge is 0.455 e. The predicted molar refractivity (Wildman–Crippen MR) is 117 cm³/mol. The van der Waals surface area contributed by atoms with Crippen molar-refractivity contribution in [1.29, 1.82) is 0 Å². The van der Waals surface area contributed by atoms with Gasteiger partial charge in [0.25, 0.3) is 5.56 Å². The number of hydrogen-bond acceptors (Lipinski definition) is 3. The fourth-order valence-electron chi connectivity index (χ4n) is 3.09. The molecular formula is C22H17Cl2N3O2. The predicted octanol–water partition coefficient (Wildman–Crippen LogP) is 5.80. The molecule has 0 aliphatic heterocycles. The van der Waals surface area contributed by atoms with Crippen molar-refractivity contribution in [3.8, 4) is 17.0 Å². The molecule has 0 spiro atoms. The van der Waals surface area contributed by atoms with Gasteiger partial charge in [-0.2, -0.15) is 0 Å². The monoisotopic (exact) mass is 425 g/mol. The van der Waals surface area contributed by atoms with Crippen molar-refractivity contribution in [3.63, 3.8) is 0 Å². The average Bonchev–Trinajstić information content (AvgIpc) is 3.27. The van der Waals surface area contributed by atoms with Crippen LogP contribution in [-0.2, 0) is 7.05 Å². The van der Waals surface area contributed by atoms with Gasteiger partial charge < -0.3 is 4.42 Å². The minimum absolute atomic E-state index is 0.197. The Balaban J connectivity index is 1.68. The fraction of sp³-hybridized carbons (Fsp3) is 0.0909. The van der Waals surface area contributed by atoms with Gasteiger partial charge in [-0.25, -0.2) is 9.67 Å². The third-order valence-electron chi connectivity index (χ3n) is 4.69. The highest BCUT2D eigenvalue weighted by molar-refractivity contribution is 6.43. The van der Waals surface area contributed by atoms with Gasteiger partial charge in [0.05, 0.1) is 27.6 Å². The van der Waals surface area contributed by atoms with Crippen LogP contribution in [0.15, 0.2) is 74.9 Å². The van der Waals surface area contributed by atoms with E-state index in [0.29, 0.717) is 32.8 Å². The van der Waals surface area contributed by atoms with E-state index in [9.17, 15) is 4.79 Å². The highest BCUT2D eigenvalue weighted by Crippen LogP contribution is 2.34. The van der Waals surface area contributed by atoms with Crippen LogP contribution in [0, 0.1) is 6.92 Å². The molecule has 0 saturated heterocycles. The molecule has 0 N–H and O–H groups in total. The van der Waals surface area contributed by atoms with Crippen LogP contribution in [0.5, 0.6) is 0 Å². The zero-order valence-electron chi connectivity index (χ0n) is 15.8. The van der Waals surface area contributed by atoms with Crippen molar-refractivity contribution in [2.45, 2.75) is 6.92 Å². The van der Waals surface area contributed by atoms with Gasteiger partial charge in [0.15, 0.2) is 5.69 Å². The van der Waals surface area contributed by atoms with Gasteiger partial charge in [-0.05, 0) is 43.3 Å². The summed E-state index contributed by atoms with van der Waals surface area (Å²) >= 11 is 12.3. The van der Waals surface area contributed by atoms with E-state index in [4.69, 9.17) is 27.6 Å². The number of furan rings is 1. The second-order valence-corrected chi connectivity index (χ2v) is 7.26. The molecule has 0 aliphatic rings. The summed E-state index contributed by atoms with van der Waals surface area (Å²) in [6, 6.07) is 18.3. The lowest BCUT2D eigenvalue weighted by atomic mass is 10.2. The lowest BCUT2D eigenvalue weighted by Gasteiger charge is -2.07. The number of para-hydroxylation sites is 1. The summed E-state index contributed by atoms with van der Waals surface area (Å²) in [6.45, 7) is 1.85. The zero-order valence-corrected chi connectivity index (χ0v) is 17.3. The quantitative estimate of drug-likeness (QED) is 0.387. The van der Waals surface area contributed by atoms with Crippen LogP contribution in [0.4, 0.5) is 5.69 Å². The standard InChI is InChI=1S/C22H17Cl2N3O2/c1-14-21(22(28)27(26(14)2)15-7-4-3-5-8-15)25-13-16-11-12-19(29-16)17-9-6-10-18(23)20(17)24/h3-13H,1-2H3. The number of halogens is 2. The Morgan fingerprint density at radius 2 is 1.76 bits per heavy atom. The van der Waals surface area contributed by atoms with Crippen LogP contribution in [0.1, 0.15) is 11.5 Å². The Morgan fingerprint density at radius 1 is 1.00 bits per heavy atom. The first-order valence-corrected chi connectivity index (χ1v) is 9.65. The molecule has 5 nitrogen and oxygen atoms in total. The SMILES string of the molecule is Cc1c(N=Cc2ccc(-c3cccc(Cl)c3Cl)o2)c(=O)n(-c2ccccc2)n1C. The van der Waals surface area contributed by atoms with Gasteiger partial charge in [0.2, 0.25) is 0 Å². The van der Waals surface area contributed by atoms with E-state index in [1.54, 1.807) is 33.6 Å². The molecule has 0 amide bonds. The third-order valence-corrected chi connectivity index (χ3v) is 5.51. The van der Waals surface area contributed by atoms with E-state index in [-0.39, 0.29) is 5.56 Å². The van der Waals surface area contributed by atoms with Crippen LogP contribution in [0.2, 0.25) is 10.0 Å². The van der Waals surface area contributed by atoms with Crippen LogP contribution in [0.3, 0.4) is 0 Å². The van der Waals surface area contributed by atoms with Crippen LogP contribution < -0.4 is 5.56 Å². The lowest BCUT2D eigenvalue weighted by Crippen LogP contribution is -2.19. The minimum Gasteiger partial charge on any atom is -0.455 e. The Labute approximate surface area is 177 Å². The molecule has 4 rings (SSSR count). The van der Waals surface area contributed by atoms with E-state index in [2.05, 4.69) is 4.99 Å². The number of benzene rings is 2. The molecule has 2 heterocycles. The average molecular weight is 426 g/mol. The van der Waals surface area contributed by atoms with Crippen molar-refractivity contribution < 1.29 is 4.42 Å². The van der Waals surface area contributed by atoms with Crippen molar-refractivity contribution in [2.75, 3.05) is 0 Å². The summed E-state index contributed by atoms with van der Waals surface area (Å²) in [7, 11) is 1.83. The maximum absolute atomic E-state index is 12.9. The van der Waals surface area contributed by atoms with Crippen molar-refractivity contribution in [2.24, 2.45) is 12.0 Å². The fourth-order valence-corrected chi connectivity index (χ4v) is 3.49. The van der Waals surface area contributed by atoms with E-state index < -0.39 is 0 Å². The van der Waals surface area contributed by atoms with E-state index in [1.807, 2.05) is 50.4 Å². The van der Waals surface area contributed by atoms with Gasteiger partial charge in [-0.3, -0.25) is 9.48 Å². The molecule has 7 heteroatoms. The molecule has 29 heavy (non-hydrogen) atoms. The van der Waals surface area contributed by atoms with Crippen LogP contribution in [0.25, 0.3) is 17.0 Å². The number of hydrogen-bond donors (Lipinski definition) is 0. The van der Waals surface area contributed by atoms with Gasteiger partial charge in [-0.15, -0.1) is 0 Å². The van der Waals surface area contributed by atoms with Crippen molar-refractivity contribution in [1.82, 2.24) is 9.36 Å². The van der Waals surface area contributed by atoms with E-state index in [1.165, 1.54) is 6.21 Å². The molecule has 0 saturated carbocycles. The van der Waals surface area contributed by atoms with E-state index in [0.717, 1.165) is 11.4 Å². The Kier molecular flexibility index (Phi) is 5.18. The zero-order chi connectivity index (χ0) is 20.5. The first-order chi connectivity index (χ1) is 14.0. The van der Waals surface area contributed by atoms with Crippen LogP contribution in [-0.4, -0.2) is 15.6 Å². The number of aromatic nitrogens is 2. The van der Waals surface area contributed by atoms with Gasteiger partial charge in [-0.1, -0.05) is 47.5 Å². The number of rotatable bonds is 4. The molecule has 0 unspecified atom stereocenters. The summed E-state index contributed by atoms with van der Waals surface area (Å²) in [5, 5.41) is 0.883. The van der Waals surface area contributed by atoms with Gasteiger partial charge in [0, 0.05) is 12.6 Å². The molecule has 0 atom stereocenters. The highest BCUT2D eigenvalue weighted by atomic mass is 35.5. The topological polar surface area (TPSA) is 52.4 Å². The summed E-state index contributed by atoms with van der Waals surface area (Å²) < 4.78 is 9.19. The maximum atomic E-state index is 12.9. The Morgan fingerprint density at radius 3 is 2.52 bits per heavy atom. The van der Waals surface area contributed by atoms with Gasteiger partial charge in [0.1, 0.15) is 11.5 Å². The number of nitrogens with zero attached hydrogens (tertiary/aromatic N) is 3. The number of aliphatic imine (C=N–C) groups is 1. The molecule has 0 radical (unpaired) electrons. The molecule has 2 aromatic carbocycles. The van der Waals surface area contributed by atoms with Crippen LogP contribution >= 0.6 is 23.2 Å². The Bertz CT molecular complexity index is 1270. The second kappa shape index (κ2) is 7.78. The highest BCUT2D eigenvalue weighted by Gasteiger charge is 2.15. The summed E-state index contributed by atoms with van der Waals surface area (Å²) in [6.07, 6.45) is 1.53. The summed E-state index contributed by atoms with van der Waals surface area (Å²) in [4.78, 5) is 17.3. The molecule has 146 valence electrons. The summed E-state index contributed by atoms with van der Waals surface area (Å²) in [5.41, 5.74) is 2.38. The molecule has 0 bridgehead atoms. The third kappa shape index (κ3) is 3.55. The smallest absolute Gasteiger partial charge is 0.297 e. The molecule has 0 fully saturated rings. The molecule has 2 aromatic heterocycles. The molecule has 4 aromatic rings. The van der Waals surface area contributed by atoms with E-state index >= 15 is 0 Å². The second-order valence-electron chi connectivity index (χ2n) is 6.47. The molecular weight excluding hydrogens is 409 g/mol. The first kappa shape index (κ1) is 19.3. The van der Waals surface area contributed by atoms with Gasteiger partial charge >= 0.3 is 0 Å². The van der Waals surface area contributed by atoms with Crippen molar-refractivity contribution in [3.05, 3.63) is 92.5 Å². The minimum atomic E-state index is -0.197.